The number of fused-ring (bicyclic) bond motifs is 1. The van der Waals surface area contributed by atoms with Gasteiger partial charge in [-0.15, -0.1) is 0 Å². The summed E-state index contributed by atoms with van der Waals surface area (Å²) in [6.45, 7) is 10.3. The molecule has 13 heteroatoms. The van der Waals surface area contributed by atoms with Crippen molar-refractivity contribution in [2.75, 3.05) is 33.9 Å². The molecule has 0 radical (unpaired) electrons. The van der Waals surface area contributed by atoms with Crippen molar-refractivity contribution in [3.63, 3.8) is 0 Å². The number of imidazole rings is 2. The van der Waals surface area contributed by atoms with Gasteiger partial charge >= 0.3 is 12.2 Å². The number of hydrogen-bond donors (Lipinski definition) is 4. The van der Waals surface area contributed by atoms with E-state index in [1.165, 1.54) is 14.2 Å². The Morgan fingerprint density at radius 1 is 0.784 bits per heavy atom. The molecule has 2 fully saturated rings. The number of amides is 3. The van der Waals surface area contributed by atoms with Gasteiger partial charge in [0.15, 0.2) is 0 Å². The second-order valence-corrected chi connectivity index (χ2v) is 14.3. The van der Waals surface area contributed by atoms with Crippen molar-refractivity contribution in [3.8, 4) is 22.5 Å². The summed E-state index contributed by atoms with van der Waals surface area (Å²) in [5, 5.41) is 7.90. The van der Waals surface area contributed by atoms with Gasteiger partial charge in [-0.25, -0.2) is 19.6 Å². The van der Waals surface area contributed by atoms with E-state index in [4.69, 9.17) is 19.4 Å². The molecule has 0 bridgehead atoms. The molecule has 51 heavy (non-hydrogen) atoms. The third kappa shape index (κ3) is 7.88. The number of rotatable bonds is 11. The van der Waals surface area contributed by atoms with Crippen LogP contribution in [0.4, 0.5) is 9.59 Å². The monoisotopic (exact) mass is 698 g/mol. The molecule has 2 saturated heterocycles. The lowest BCUT2D eigenvalue weighted by Gasteiger charge is -2.30. The fourth-order valence-corrected chi connectivity index (χ4v) is 7.32. The normalized spacial score (nSPS) is 19.1. The molecule has 0 saturated carbocycles. The average Bonchev–Trinajstić information content (AvgIpc) is 3.96. The van der Waals surface area contributed by atoms with Crippen molar-refractivity contribution in [1.29, 1.82) is 0 Å². The lowest BCUT2D eigenvalue weighted by Crippen LogP contribution is -2.51. The van der Waals surface area contributed by atoms with Crippen LogP contribution in [0.25, 0.3) is 33.3 Å². The molecule has 4 heterocycles. The summed E-state index contributed by atoms with van der Waals surface area (Å²) < 4.78 is 9.62. The average molecular weight is 699 g/mol. The molecule has 3 amide bonds. The van der Waals surface area contributed by atoms with Gasteiger partial charge in [-0.3, -0.25) is 9.69 Å². The minimum Gasteiger partial charge on any atom is -0.453 e. The molecule has 2 aromatic heterocycles. The highest BCUT2D eigenvalue weighted by Gasteiger charge is 2.37. The van der Waals surface area contributed by atoms with Crippen LogP contribution in [0, 0.1) is 11.8 Å². The molecule has 0 spiro atoms. The van der Waals surface area contributed by atoms with Crippen LogP contribution in [0.1, 0.15) is 77.1 Å². The fourth-order valence-electron chi connectivity index (χ4n) is 7.32. The molecule has 4 N–H and O–H groups in total. The van der Waals surface area contributed by atoms with Crippen molar-refractivity contribution in [2.24, 2.45) is 11.8 Å². The lowest BCUT2D eigenvalue weighted by atomic mass is 10.0. The molecule has 4 atom stereocenters. The van der Waals surface area contributed by atoms with Crippen LogP contribution < -0.4 is 10.6 Å². The Hall–Kier alpha value is -4.91. The first-order valence-electron chi connectivity index (χ1n) is 17.9. The molecule has 6 rings (SSSR count). The van der Waals surface area contributed by atoms with Gasteiger partial charge in [0.1, 0.15) is 17.7 Å². The zero-order valence-electron chi connectivity index (χ0n) is 30.4. The van der Waals surface area contributed by atoms with Gasteiger partial charge < -0.3 is 35.0 Å². The van der Waals surface area contributed by atoms with Crippen LogP contribution in [0.15, 0.2) is 48.8 Å². The van der Waals surface area contributed by atoms with Crippen molar-refractivity contribution >= 4 is 28.9 Å². The number of aromatic nitrogens is 4. The van der Waals surface area contributed by atoms with Crippen LogP contribution in [-0.2, 0) is 14.3 Å². The number of alkyl carbamates (subject to hydrolysis) is 2. The third-order valence-corrected chi connectivity index (χ3v) is 10.3. The van der Waals surface area contributed by atoms with Crippen molar-refractivity contribution in [1.82, 2.24) is 40.4 Å². The summed E-state index contributed by atoms with van der Waals surface area (Å²) in [7, 11) is 2.69. The van der Waals surface area contributed by atoms with E-state index in [1.807, 2.05) is 31.1 Å². The number of benzene rings is 2. The number of carbonyl (C=O) groups excluding carboxylic acids is 3. The van der Waals surface area contributed by atoms with Crippen molar-refractivity contribution < 1.29 is 23.9 Å². The number of ether oxygens (including phenoxy) is 2. The molecule has 2 aliphatic rings. The molecule has 2 aromatic carbocycles. The van der Waals surface area contributed by atoms with Crippen LogP contribution >= 0.6 is 0 Å². The zero-order chi connectivity index (χ0) is 36.2. The van der Waals surface area contributed by atoms with Crippen molar-refractivity contribution in [2.45, 2.75) is 77.5 Å². The first kappa shape index (κ1) is 35.9. The van der Waals surface area contributed by atoms with E-state index < -0.39 is 18.2 Å². The minimum absolute atomic E-state index is 0.0212. The van der Waals surface area contributed by atoms with E-state index in [0.29, 0.717) is 6.54 Å². The number of nitrogens with one attached hydrogen (secondary N) is 4. The predicted octanol–water partition coefficient (Wildman–Crippen LogP) is 6.18. The number of carbonyl (C=O) groups is 3. The molecule has 0 unspecified atom stereocenters. The van der Waals surface area contributed by atoms with E-state index in [9.17, 15) is 14.4 Å². The van der Waals surface area contributed by atoms with Crippen molar-refractivity contribution in [3.05, 3.63) is 60.4 Å². The Morgan fingerprint density at radius 3 is 1.90 bits per heavy atom. The Balaban J connectivity index is 1.15. The maximum absolute atomic E-state index is 13.5. The summed E-state index contributed by atoms with van der Waals surface area (Å²) in [6.07, 6.45) is 6.45. The second kappa shape index (κ2) is 15.5. The van der Waals surface area contributed by atoms with Gasteiger partial charge in [-0.1, -0.05) is 52.0 Å². The molecule has 4 aromatic rings. The van der Waals surface area contributed by atoms with E-state index in [0.717, 1.165) is 83.7 Å². The Kier molecular flexibility index (Phi) is 10.9. The summed E-state index contributed by atoms with van der Waals surface area (Å²) in [5.74, 6) is 1.72. The number of hydrogen-bond acceptors (Lipinski definition) is 8. The van der Waals surface area contributed by atoms with E-state index >= 15 is 0 Å². The number of H-pyrrole nitrogens is 2. The molecule has 2 aliphatic heterocycles. The molecular weight excluding hydrogens is 648 g/mol. The van der Waals surface area contributed by atoms with Gasteiger partial charge in [0.25, 0.3) is 0 Å². The van der Waals surface area contributed by atoms with Gasteiger partial charge in [0, 0.05) is 30.3 Å². The highest BCUT2D eigenvalue weighted by Crippen LogP contribution is 2.35. The quantitative estimate of drug-likeness (QED) is 0.145. The highest BCUT2D eigenvalue weighted by molar-refractivity contribution is 5.90. The number of nitrogens with zero attached hydrogens (tertiary/aromatic N) is 4. The van der Waals surface area contributed by atoms with Gasteiger partial charge in [0.05, 0.1) is 50.1 Å². The first-order valence-corrected chi connectivity index (χ1v) is 17.9. The van der Waals surface area contributed by atoms with Crippen LogP contribution in [-0.4, -0.2) is 93.8 Å². The van der Waals surface area contributed by atoms with Crippen LogP contribution in [0.5, 0.6) is 0 Å². The molecule has 0 aliphatic carbocycles. The Morgan fingerprint density at radius 2 is 1.33 bits per heavy atom. The lowest BCUT2D eigenvalue weighted by molar-refractivity contribution is -0.135. The number of likely N-dealkylation sites (tertiary alicyclic amines) is 2. The minimum atomic E-state index is -0.678. The predicted molar refractivity (Wildman–Crippen MR) is 195 cm³/mol. The third-order valence-electron chi connectivity index (χ3n) is 10.3. The summed E-state index contributed by atoms with van der Waals surface area (Å²) >= 11 is 0. The first-order chi connectivity index (χ1) is 24.6. The van der Waals surface area contributed by atoms with Gasteiger partial charge in [-0.05, 0) is 67.0 Å². The SMILES string of the molecule is COC(=O)N[C@H](C(=O)N1CCC[C@H]1c1ncc(-c2ccc3cc(-c4cnc([C@@H]5CCCN5C[C@@H](NC(=O)OC)C(C)C)[nH]4)ccc3c2)[nH]1)C(C)C. The van der Waals surface area contributed by atoms with Crippen LogP contribution in [0.2, 0.25) is 0 Å². The molecular formula is C38H50N8O5. The summed E-state index contributed by atoms with van der Waals surface area (Å²) in [6, 6.07) is 12.0. The largest absolute Gasteiger partial charge is 0.453 e. The zero-order valence-corrected chi connectivity index (χ0v) is 30.4. The van der Waals surface area contributed by atoms with Gasteiger partial charge in [0.2, 0.25) is 5.91 Å². The maximum Gasteiger partial charge on any atom is 0.407 e. The highest BCUT2D eigenvalue weighted by atomic mass is 16.5. The smallest absolute Gasteiger partial charge is 0.407 e. The topological polar surface area (TPSA) is 158 Å². The van der Waals surface area contributed by atoms with E-state index in [2.05, 4.69) is 75.7 Å². The molecule has 13 nitrogen and oxygen atoms in total. The second-order valence-electron chi connectivity index (χ2n) is 14.3. The number of aromatic amines is 2. The van der Waals surface area contributed by atoms with Crippen LogP contribution in [0.3, 0.4) is 0 Å². The van der Waals surface area contributed by atoms with E-state index in [1.54, 1.807) is 0 Å². The summed E-state index contributed by atoms with van der Waals surface area (Å²) in [5.41, 5.74) is 3.90. The van der Waals surface area contributed by atoms with Gasteiger partial charge in [-0.2, -0.15) is 0 Å². The molecule has 272 valence electrons. The standard InChI is InChI=1S/C38H50N8O5/c1-22(2)30(43-37(48)50-5)21-45-15-7-9-31(45)34-39-19-28(41-34)26-13-11-25-18-27(14-12-24(25)17-26)29-20-40-35(42-29)32-10-8-16-46(32)36(47)33(23(3)4)44-38(49)51-6/h11-14,17-20,22-23,30-33H,7-10,15-16,21H2,1-6H3,(H,39,41)(H,40,42)(H,43,48)(H,44,49)/t30-,31+,32+,33+/m1/s1. The maximum atomic E-state index is 13.5. The summed E-state index contributed by atoms with van der Waals surface area (Å²) in [4.78, 5) is 58.2. The van der Waals surface area contributed by atoms with E-state index in [-0.39, 0.29) is 35.9 Å². The Bertz CT molecular complexity index is 1850. The number of methoxy groups -OCH3 is 2. The Labute approximate surface area is 298 Å². The fraction of sp³-hybridized carbons (Fsp3) is 0.500.